The van der Waals surface area contributed by atoms with Crippen molar-refractivity contribution in [2.75, 3.05) is 20.3 Å². The van der Waals surface area contributed by atoms with Crippen LogP contribution in [0.5, 0.6) is 0 Å². The van der Waals surface area contributed by atoms with Crippen LogP contribution in [0.4, 0.5) is 0 Å². The second-order valence-corrected chi connectivity index (χ2v) is 6.01. The minimum Gasteiger partial charge on any atom is -0.396 e. The highest BCUT2D eigenvalue weighted by Crippen LogP contribution is 2.24. The van der Waals surface area contributed by atoms with Gasteiger partial charge >= 0.3 is 0 Å². The maximum atomic E-state index is 12.4. The average molecular weight is 305 g/mol. The Morgan fingerprint density at radius 1 is 1.27 bits per heavy atom. The van der Waals surface area contributed by atoms with Crippen molar-refractivity contribution in [1.29, 1.82) is 0 Å². The van der Waals surface area contributed by atoms with Crippen LogP contribution in [0.3, 0.4) is 0 Å². The van der Waals surface area contributed by atoms with Gasteiger partial charge in [-0.05, 0) is 24.8 Å². The molecule has 1 aromatic rings. The first-order valence-electron chi connectivity index (χ1n) is 8.25. The zero-order chi connectivity index (χ0) is 15.8. The summed E-state index contributed by atoms with van der Waals surface area (Å²) in [6.45, 7) is 0.191. The van der Waals surface area contributed by atoms with Crippen molar-refractivity contribution in [2.24, 2.45) is 0 Å². The summed E-state index contributed by atoms with van der Waals surface area (Å²) in [5.74, 6) is -0.0205. The van der Waals surface area contributed by atoms with Crippen molar-refractivity contribution in [3.63, 3.8) is 0 Å². The van der Waals surface area contributed by atoms with Gasteiger partial charge in [0.1, 0.15) is 6.61 Å². The number of amides is 1. The van der Waals surface area contributed by atoms with E-state index in [9.17, 15) is 9.90 Å². The van der Waals surface area contributed by atoms with Crippen molar-refractivity contribution in [3.05, 3.63) is 35.9 Å². The van der Waals surface area contributed by atoms with Crippen LogP contribution in [-0.4, -0.2) is 42.3 Å². The van der Waals surface area contributed by atoms with E-state index < -0.39 is 0 Å². The standard InChI is InChI=1S/C18H27NO3/c1-19(17(12-13-20)15-8-4-2-5-9-15)18(21)14-22-16-10-6-3-7-11-16/h2,4-5,8-9,16-17,20H,3,6-7,10-14H2,1H3. The van der Waals surface area contributed by atoms with E-state index in [2.05, 4.69) is 0 Å². The lowest BCUT2D eigenvalue weighted by molar-refractivity contribution is -0.140. The summed E-state index contributed by atoms with van der Waals surface area (Å²) < 4.78 is 5.78. The van der Waals surface area contributed by atoms with Crippen LogP contribution in [0.25, 0.3) is 0 Å². The smallest absolute Gasteiger partial charge is 0.248 e. The van der Waals surface area contributed by atoms with Crippen LogP contribution in [0.1, 0.15) is 50.1 Å². The molecule has 2 rings (SSSR count). The molecule has 0 aliphatic heterocycles. The predicted octanol–water partition coefficient (Wildman–Crippen LogP) is 2.92. The quantitative estimate of drug-likeness (QED) is 0.842. The molecule has 0 spiro atoms. The molecule has 1 unspecified atom stereocenters. The lowest BCUT2D eigenvalue weighted by Crippen LogP contribution is -2.36. The number of hydrogen-bond donors (Lipinski definition) is 1. The summed E-state index contributed by atoms with van der Waals surface area (Å²) in [5.41, 5.74) is 1.05. The lowest BCUT2D eigenvalue weighted by atomic mass is 9.98. The van der Waals surface area contributed by atoms with Crippen molar-refractivity contribution in [1.82, 2.24) is 4.90 Å². The van der Waals surface area contributed by atoms with E-state index in [0.717, 1.165) is 18.4 Å². The van der Waals surface area contributed by atoms with Gasteiger partial charge in [0.25, 0.3) is 0 Å². The summed E-state index contributed by atoms with van der Waals surface area (Å²) in [4.78, 5) is 14.1. The van der Waals surface area contributed by atoms with Gasteiger partial charge in [0.2, 0.25) is 5.91 Å². The van der Waals surface area contributed by atoms with E-state index in [1.807, 2.05) is 30.3 Å². The van der Waals surface area contributed by atoms with Crippen LogP contribution in [-0.2, 0) is 9.53 Å². The molecule has 1 aromatic carbocycles. The van der Waals surface area contributed by atoms with E-state index in [1.54, 1.807) is 11.9 Å². The Balaban J connectivity index is 1.91. The third-order valence-electron chi connectivity index (χ3n) is 4.44. The molecule has 122 valence electrons. The van der Waals surface area contributed by atoms with Crippen LogP contribution in [0.15, 0.2) is 30.3 Å². The maximum Gasteiger partial charge on any atom is 0.248 e. The first-order valence-corrected chi connectivity index (χ1v) is 8.25. The molecule has 0 bridgehead atoms. The molecule has 1 saturated carbocycles. The number of ether oxygens (including phenoxy) is 1. The fourth-order valence-corrected chi connectivity index (χ4v) is 3.08. The number of carbonyl (C=O) groups excluding carboxylic acids is 1. The van der Waals surface area contributed by atoms with E-state index in [1.165, 1.54) is 19.3 Å². The van der Waals surface area contributed by atoms with Crippen molar-refractivity contribution in [2.45, 2.75) is 50.7 Å². The molecule has 0 heterocycles. The SMILES string of the molecule is CN(C(=O)COC1CCCCC1)C(CCO)c1ccccc1. The van der Waals surface area contributed by atoms with Crippen molar-refractivity contribution in [3.8, 4) is 0 Å². The number of aliphatic hydroxyl groups is 1. The van der Waals surface area contributed by atoms with Crippen LogP contribution in [0, 0.1) is 0 Å². The summed E-state index contributed by atoms with van der Waals surface area (Å²) in [5, 5.41) is 9.29. The highest BCUT2D eigenvalue weighted by molar-refractivity contribution is 5.77. The van der Waals surface area contributed by atoms with Crippen molar-refractivity contribution >= 4 is 5.91 Å². The fraction of sp³-hybridized carbons (Fsp3) is 0.611. The van der Waals surface area contributed by atoms with Gasteiger partial charge in [0, 0.05) is 13.7 Å². The van der Waals surface area contributed by atoms with Gasteiger partial charge in [-0.1, -0.05) is 49.6 Å². The van der Waals surface area contributed by atoms with Gasteiger partial charge in [-0.25, -0.2) is 0 Å². The molecule has 22 heavy (non-hydrogen) atoms. The first kappa shape index (κ1) is 17.0. The Bertz CT molecular complexity index is 443. The van der Waals surface area contributed by atoms with Crippen molar-refractivity contribution < 1.29 is 14.6 Å². The molecule has 0 aromatic heterocycles. The minimum absolute atomic E-state index is 0.0205. The Morgan fingerprint density at radius 2 is 1.95 bits per heavy atom. The van der Waals surface area contributed by atoms with E-state index in [-0.39, 0.29) is 31.3 Å². The van der Waals surface area contributed by atoms with Gasteiger partial charge in [-0.15, -0.1) is 0 Å². The van der Waals surface area contributed by atoms with Gasteiger partial charge in [0.15, 0.2) is 0 Å². The van der Waals surface area contributed by atoms with E-state index in [0.29, 0.717) is 6.42 Å². The topological polar surface area (TPSA) is 49.8 Å². The summed E-state index contributed by atoms with van der Waals surface area (Å²) >= 11 is 0. The molecule has 1 fully saturated rings. The molecule has 0 radical (unpaired) electrons. The number of hydrogen-bond acceptors (Lipinski definition) is 3. The summed E-state index contributed by atoms with van der Waals surface area (Å²) in [7, 11) is 1.79. The number of nitrogens with zero attached hydrogens (tertiary/aromatic N) is 1. The number of rotatable bonds is 7. The molecular formula is C18H27NO3. The van der Waals surface area contributed by atoms with Gasteiger partial charge in [-0.2, -0.15) is 0 Å². The normalized spacial score (nSPS) is 17.2. The highest BCUT2D eigenvalue weighted by Gasteiger charge is 2.22. The molecule has 4 nitrogen and oxygen atoms in total. The molecule has 1 amide bonds. The van der Waals surface area contributed by atoms with E-state index >= 15 is 0 Å². The number of carbonyl (C=O) groups is 1. The number of benzene rings is 1. The monoisotopic (exact) mass is 305 g/mol. The molecule has 1 atom stereocenters. The first-order chi connectivity index (χ1) is 10.7. The maximum absolute atomic E-state index is 12.4. The minimum atomic E-state index is -0.103. The molecular weight excluding hydrogens is 278 g/mol. The second kappa shape index (κ2) is 8.91. The van der Waals surface area contributed by atoms with Gasteiger partial charge in [0.05, 0.1) is 12.1 Å². The van der Waals surface area contributed by atoms with Crippen LogP contribution in [0.2, 0.25) is 0 Å². The third kappa shape index (κ3) is 4.82. The second-order valence-electron chi connectivity index (χ2n) is 6.01. The van der Waals surface area contributed by atoms with Gasteiger partial charge in [-0.3, -0.25) is 4.79 Å². The Kier molecular flexibility index (Phi) is 6.87. The zero-order valence-corrected chi connectivity index (χ0v) is 13.4. The molecule has 1 N–H and O–H groups in total. The van der Waals surface area contributed by atoms with Crippen LogP contribution < -0.4 is 0 Å². The number of likely N-dealkylation sites (N-methyl/N-ethyl adjacent to an activating group) is 1. The highest BCUT2D eigenvalue weighted by atomic mass is 16.5. The Hall–Kier alpha value is -1.39. The average Bonchev–Trinajstić information content (AvgIpc) is 2.58. The van der Waals surface area contributed by atoms with Crippen LogP contribution >= 0.6 is 0 Å². The predicted molar refractivity (Wildman–Crippen MR) is 86.5 cm³/mol. The summed E-state index contributed by atoms with van der Waals surface area (Å²) in [6.07, 6.45) is 6.58. The Morgan fingerprint density at radius 3 is 2.59 bits per heavy atom. The lowest BCUT2D eigenvalue weighted by Gasteiger charge is -2.29. The zero-order valence-electron chi connectivity index (χ0n) is 13.4. The van der Waals surface area contributed by atoms with E-state index in [4.69, 9.17) is 4.74 Å². The molecule has 0 saturated heterocycles. The summed E-state index contributed by atoms with van der Waals surface area (Å²) in [6, 6.07) is 9.74. The molecule has 4 heteroatoms. The number of aliphatic hydroxyl groups excluding tert-OH is 1. The fourth-order valence-electron chi connectivity index (χ4n) is 3.08. The molecule has 1 aliphatic rings. The Labute approximate surface area is 133 Å². The third-order valence-corrected chi connectivity index (χ3v) is 4.44. The largest absolute Gasteiger partial charge is 0.396 e. The molecule has 1 aliphatic carbocycles. The van der Waals surface area contributed by atoms with Gasteiger partial charge < -0.3 is 14.7 Å².